The normalized spacial score (nSPS) is 10.4. The van der Waals surface area contributed by atoms with Crippen molar-refractivity contribution in [1.82, 2.24) is 4.98 Å². The van der Waals surface area contributed by atoms with Gasteiger partial charge in [0.1, 0.15) is 5.75 Å². The third kappa shape index (κ3) is 4.90. The lowest BCUT2D eigenvalue weighted by Gasteiger charge is -2.05. The summed E-state index contributed by atoms with van der Waals surface area (Å²) in [6.45, 7) is 2.61. The minimum atomic E-state index is -0.0251. The summed E-state index contributed by atoms with van der Waals surface area (Å²) in [6, 6.07) is 17.8. The fourth-order valence-corrected chi connectivity index (χ4v) is 3.17. The SMILES string of the molecule is CCOc1ccc(CCC(=O)Nc2nc(-c3ccccc3)cs2)cc1. The average molecular weight is 352 g/mol. The number of nitrogens with zero attached hydrogens (tertiary/aromatic N) is 1. The first kappa shape index (κ1) is 17.2. The van der Waals surface area contributed by atoms with Gasteiger partial charge in [0.15, 0.2) is 5.13 Å². The van der Waals surface area contributed by atoms with Gasteiger partial charge >= 0.3 is 0 Å². The van der Waals surface area contributed by atoms with Crippen LogP contribution in [0.1, 0.15) is 18.9 Å². The van der Waals surface area contributed by atoms with E-state index in [4.69, 9.17) is 4.74 Å². The van der Waals surface area contributed by atoms with Crippen LogP contribution in [0.2, 0.25) is 0 Å². The number of carbonyl (C=O) groups excluding carboxylic acids is 1. The Morgan fingerprint density at radius 3 is 2.60 bits per heavy atom. The number of amides is 1. The standard InChI is InChI=1S/C20H20N2O2S/c1-2-24-17-11-8-15(9-12-17)10-13-19(23)22-20-21-18(14-25-20)16-6-4-3-5-7-16/h3-9,11-12,14H,2,10,13H2,1H3,(H,21,22,23). The van der Waals surface area contributed by atoms with E-state index < -0.39 is 0 Å². The van der Waals surface area contributed by atoms with E-state index in [9.17, 15) is 4.79 Å². The lowest BCUT2D eigenvalue weighted by atomic mass is 10.1. The second-order valence-corrected chi connectivity index (χ2v) is 6.39. The summed E-state index contributed by atoms with van der Waals surface area (Å²) in [4.78, 5) is 16.6. The number of aryl methyl sites for hydroxylation is 1. The van der Waals surface area contributed by atoms with Crippen molar-refractivity contribution in [3.8, 4) is 17.0 Å². The van der Waals surface area contributed by atoms with Crippen LogP contribution in [0.3, 0.4) is 0 Å². The van der Waals surface area contributed by atoms with Gasteiger partial charge in [0, 0.05) is 17.4 Å². The van der Waals surface area contributed by atoms with E-state index in [2.05, 4.69) is 10.3 Å². The molecular weight excluding hydrogens is 332 g/mol. The second kappa shape index (κ2) is 8.44. The predicted octanol–water partition coefficient (Wildman–Crippen LogP) is 4.78. The Hall–Kier alpha value is -2.66. The first-order valence-electron chi connectivity index (χ1n) is 8.27. The van der Waals surface area contributed by atoms with E-state index in [1.165, 1.54) is 11.3 Å². The zero-order valence-electron chi connectivity index (χ0n) is 14.1. The topological polar surface area (TPSA) is 51.2 Å². The van der Waals surface area contributed by atoms with E-state index in [0.29, 0.717) is 24.6 Å². The van der Waals surface area contributed by atoms with Gasteiger partial charge in [0.2, 0.25) is 5.91 Å². The van der Waals surface area contributed by atoms with Gasteiger partial charge in [-0.3, -0.25) is 4.79 Å². The summed E-state index contributed by atoms with van der Waals surface area (Å²) < 4.78 is 5.42. The highest BCUT2D eigenvalue weighted by Crippen LogP contribution is 2.24. The third-order valence-electron chi connectivity index (χ3n) is 3.70. The van der Waals surface area contributed by atoms with Gasteiger partial charge in [0.25, 0.3) is 0 Å². The van der Waals surface area contributed by atoms with Crippen LogP contribution in [0.5, 0.6) is 5.75 Å². The number of thiazole rings is 1. The molecule has 0 aliphatic rings. The highest BCUT2D eigenvalue weighted by atomic mass is 32.1. The highest BCUT2D eigenvalue weighted by molar-refractivity contribution is 7.14. The molecule has 0 saturated heterocycles. The maximum Gasteiger partial charge on any atom is 0.226 e. The van der Waals surface area contributed by atoms with Crippen molar-refractivity contribution in [2.75, 3.05) is 11.9 Å². The lowest BCUT2D eigenvalue weighted by molar-refractivity contribution is -0.116. The number of rotatable bonds is 7. The van der Waals surface area contributed by atoms with Crippen LogP contribution in [0.25, 0.3) is 11.3 Å². The lowest BCUT2D eigenvalue weighted by Crippen LogP contribution is -2.12. The fourth-order valence-electron chi connectivity index (χ4n) is 2.43. The predicted molar refractivity (Wildman–Crippen MR) is 102 cm³/mol. The third-order valence-corrected chi connectivity index (χ3v) is 4.45. The Balaban J connectivity index is 1.52. The summed E-state index contributed by atoms with van der Waals surface area (Å²) >= 11 is 1.44. The van der Waals surface area contributed by atoms with Gasteiger partial charge in [-0.15, -0.1) is 11.3 Å². The molecule has 0 aliphatic heterocycles. The largest absolute Gasteiger partial charge is 0.494 e. The van der Waals surface area contributed by atoms with Crippen molar-refractivity contribution >= 4 is 22.4 Å². The molecule has 0 radical (unpaired) electrons. The summed E-state index contributed by atoms with van der Waals surface area (Å²) in [7, 11) is 0. The van der Waals surface area contributed by atoms with Gasteiger partial charge < -0.3 is 10.1 Å². The minimum Gasteiger partial charge on any atom is -0.494 e. The molecule has 1 N–H and O–H groups in total. The van der Waals surface area contributed by atoms with Crippen LogP contribution in [0, 0.1) is 0 Å². The second-order valence-electron chi connectivity index (χ2n) is 5.53. The molecule has 0 atom stereocenters. The molecule has 0 fully saturated rings. The van der Waals surface area contributed by atoms with Gasteiger partial charge in [-0.25, -0.2) is 4.98 Å². The molecule has 2 aromatic carbocycles. The summed E-state index contributed by atoms with van der Waals surface area (Å²) in [6.07, 6.45) is 1.11. The van der Waals surface area contributed by atoms with Gasteiger partial charge in [-0.1, -0.05) is 42.5 Å². The van der Waals surface area contributed by atoms with Crippen molar-refractivity contribution in [1.29, 1.82) is 0 Å². The molecule has 0 spiro atoms. The molecule has 0 bridgehead atoms. The molecule has 0 unspecified atom stereocenters. The number of carbonyl (C=O) groups is 1. The molecule has 0 saturated carbocycles. The van der Waals surface area contributed by atoms with Crippen molar-refractivity contribution in [2.45, 2.75) is 19.8 Å². The van der Waals surface area contributed by atoms with Gasteiger partial charge in [0.05, 0.1) is 12.3 Å². The molecule has 1 heterocycles. The summed E-state index contributed by atoms with van der Waals surface area (Å²) in [5.74, 6) is 0.828. The van der Waals surface area contributed by atoms with Crippen LogP contribution in [0.4, 0.5) is 5.13 Å². The number of benzene rings is 2. The first-order chi connectivity index (χ1) is 12.2. The molecule has 5 heteroatoms. The van der Waals surface area contributed by atoms with Crippen LogP contribution in [0.15, 0.2) is 60.0 Å². The highest BCUT2D eigenvalue weighted by Gasteiger charge is 2.08. The molecule has 3 aromatic rings. The Morgan fingerprint density at radius 2 is 1.88 bits per heavy atom. The molecule has 3 rings (SSSR count). The quantitative estimate of drug-likeness (QED) is 0.666. The fraction of sp³-hybridized carbons (Fsp3) is 0.200. The number of hydrogen-bond acceptors (Lipinski definition) is 4. The van der Waals surface area contributed by atoms with Crippen molar-refractivity contribution < 1.29 is 9.53 Å². The minimum absolute atomic E-state index is 0.0251. The first-order valence-corrected chi connectivity index (χ1v) is 9.15. The molecule has 128 valence electrons. The van der Waals surface area contributed by atoms with Crippen LogP contribution in [-0.2, 0) is 11.2 Å². The maximum absolute atomic E-state index is 12.1. The number of hydrogen-bond donors (Lipinski definition) is 1. The molecule has 1 amide bonds. The Labute approximate surface area is 151 Å². The van der Waals surface area contributed by atoms with E-state index in [1.54, 1.807) is 0 Å². The van der Waals surface area contributed by atoms with E-state index in [1.807, 2.05) is 66.9 Å². The van der Waals surface area contributed by atoms with Crippen LogP contribution in [-0.4, -0.2) is 17.5 Å². The number of aromatic nitrogens is 1. The van der Waals surface area contributed by atoms with E-state index in [0.717, 1.165) is 22.6 Å². The Bertz CT molecular complexity index is 813. The van der Waals surface area contributed by atoms with Crippen molar-refractivity contribution in [2.24, 2.45) is 0 Å². The smallest absolute Gasteiger partial charge is 0.226 e. The molecule has 25 heavy (non-hydrogen) atoms. The Morgan fingerprint density at radius 1 is 1.12 bits per heavy atom. The number of nitrogens with one attached hydrogen (secondary N) is 1. The summed E-state index contributed by atoms with van der Waals surface area (Å²) in [5.41, 5.74) is 3.05. The summed E-state index contributed by atoms with van der Waals surface area (Å²) in [5, 5.41) is 5.47. The molecule has 0 aliphatic carbocycles. The van der Waals surface area contributed by atoms with E-state index >= 15 is 0 Å². The molecule has 4 nitrogen and oxygen atoms in total. The average Bonchev–Trinajstić information content (AvgIpc) is 3.11. The molecule has 1 aromatic heterocycles. The molecular formula is C20H20N2O2S. The van der Waals surface area contributed by atoms with Crippen molar-refractivity contribution in [3.05, 3.63) is 65.5 Å². The van der Waals surface area contributed by atoms with Gasteiger partial charge in [-0.2, -0.15) is 0 Å². The van der Waals surface area contributed by atoms with Crippen LogP contribution >= 0.6 is 11.3 Å². The zero-order valence-corrected chi connectivity index (χ0v) is 14.9. The zero-order chi connectivity index (χ0) is 17.5. The number of anilines is 1. The maximum atomic E-state index is 12.1. The monoisotopic (exact) mass is 352 g/mol. The Kier molecular flexibility index (Phi) is 5.80. The van der Waals surface area contributed by atoms with Crippen molar-refractivity contribution in [3.63, 3.8) is 0 Å². The number of ether oxygens (including phenoxy) is 1. The van der Waals surface area contributed by atoms with Crippen LogP contribution < -0.4 is 10.1 Å². The van der Waals surface area contributed by atoms with Gasteiger partial charge in [-0.05, 0) is 31.0 Å². The van der Waals surface area contributed by atoms with E-state index in [-0.39, 0.29) is 5.91 Å².